The Balaban J connectivity index is 0.684. The van der Waals surface area contributed by atoms with Crippen LogP contribution >= 0.6 is 0 Å². The number of urea groups is 1. The van der Waals surface area contributed by atoms with Crippen molar-refractivity contribution in [1.82, 2.24) is 44.4 Å². The SMILES string of the molecule is CC(=O)c1c(C)c2cnc(Nc3ccc(N4CCN(C5CCN(C(=O)N6CCC(c7ccc8c(c7)CN(C7CCC(=O)NC7=O)C8=O)CC6)CC5)CC4)cn3)nc2n(C2CCCC2)c1=O. The van der Waals surface area contributed by atoms with Crippen molar-refractivity contribution in [2.45, 2.75) is 109 Å². The second kappa shape index (κ2) is 17.6. The lowest BCUT2D eigenvalue weighted by Gasteiger charge is -2.44. The number of benzene rings is 1. The van der Waals surface area contributed by atoms with E-state index in [1.54, 1.807) is 22.6 Å². The summed E-state index contributed by atoms with van der Waals surface area (Å²) in [6.07, 6.45) is 11.6. The average molecular weight is 884 g/mol. The molecular weight excluding hydrogens is 827 g/mol. The number of nitrogens with one attached hydrogen (secondary N) is 2. The van der Waals surface area contributed by atoms with Crippen LogP contribution in [0.25, 0.3) is 11.0 Å². The quantitative estimate of drug-likeness (QED) is 0.180. The number of piperidine rings is 3. The number of amides is 5. The van der Waals surface area contributed by atoms with Gasteiger partial charge in [0.2, 0.25) is 17.8 Å². The van der Waals surface area contributed by atoms with Crippen LogP contribution < -0.4 is 21.1 Å². The number of imide groups is 1. The van der Waals surface area contributed by atoms with Crippen molar-refractivity contribution >= 4 is 58.0 Å². The van der Waals surface area contributed by atoms with Crippen molar-refractivity contribution in [3.63, 3.8) is 0 Å². The Morgan fingerprint density at radius 1 is 0.785 bits per heavy atom. The van der Waals surface area contributed by atoms with Crippen molar-refractivity contribution < 1.29 is 24.0 Å². The molecule has 0 bridgehead atoms. The molecule has 65 heavy (non-hydrogen) atoms. The summed E-state index contributed by atoms with van der Waals surface area (Å²) in [7, 11) is 0. The highest BCUT2D eigenvalue weighted by atomic mass is 16.2. The van der Waals surface area contributed by atoms with Gasteiger partial charge in [0.05, 0.1) is 17.4 Å². The van der Waals surface area contributed by atoms with Crippen LogP contribution in [-0.2, 0) is 16.1 Å². The molecule has 2 N–H and O–H groups in total. The number of anilines is 3. The van der Waals surface area contributed by atoms with Gasteiger partial charge in [0, 0.05) is 94.6 Å². The number of carbonyl (C=O) groups is 5. The highest BCUT2D eigenvalue weighted by Gasteiger charge is 2.40. The molecule has 5 amide bonds. The van der Waals surface area contributed by atoms with Crippen LogP contribution in [0.2, 0.25) is 0 Å². The van der Waals surface area contributed by atoms with E-state index < -0.39 is 11.9 Å². The Morgan fingerprint density at radius 3 is 2.18 bits per heavy atom. The molecule has 340 valence electrons. The zero-order valence-corrected chi connectivity index (χ0v) is 37.3. The van der Waals surface area contributed by atoms with Crippen LogP contribution in [0.3, 0.4) is 0 Å². The largest absolute Gasteiger partial charge is 0.368 e. The number of pyridine rings is 2. The van der Waals surface area contributed by atoms with Gasteiger partial charge in [0.25, 0.3) is 11.5 Å². The fourth-order valence-corrected chi connectivity index (χ4v) is 11.3. The molecule has 1 aliphatic carbocycles. The minimum atomic E-state index is -0.624. The molecule has 4 aromatic rings. The first-order chi connectivity index (χ1) is 31.5. The van der Waals surface area contributed by atoms with Crippen molar-refractivity contribution in [1.29, 1.82) is 0 Å². The molecule has 1 aromatic carbocycles. The molecule has 0 radical (unpaired) electrons. The van der Waals surface area contributed by atoms with Gasteiger partial charge in [-0.1, -0.05) is 25.0 Å². The molecule has 3 aromatic heterocycles. The van der Waals surface area contributed by atoms with Gasteiger partial charge in [-0.15, -0.1) is 0 Å². The number of hydrogen-bond donors (Lipinski definition) is 2. The Kier molecular flexibility index (Phi) is 11.6. The van der Waals surface area contributed by atoms with Gasteiger partial charge in [0.1, 0.15) is 17.5 Å². The molecule has 6 aliphatic rings. The fourth-order valence-electron chi connectivity index (χ4n) is 11.3. The first-order valence-electron chi connectivity index (χ1n) is 23.5. The minimum Gasteiger partial charge on any atom is -0.368 e. The Hall–Kier alpha value is -6.23. The summed E-state index contributed by atoms with van der Waals surface area (Å²) in [5.41, 5.74) is 4.86. The van der Waals surface area contributed by atoms with E-state index in [1.165, 1.54) is 12.5 Å². The lowest BCUT2D eigenvalue weighted by atomic mass is 9.88. The summed E-state index contributed by atoms with van der Waals surface area (Å²) < 4.78 is 1.72. The highest BCUT2D eigenvalue weighted by Crippen LogP contribution is 2.35. The maximum absolute atomic E-state index is 13.7. The number of fused-ring (bicyclic) bond motifs is 2. The zero-order valence-electron chi connectivity index (χ0n) is 37.3. The molecule has 1 unspecified atom stereocenters. The molecule has 1 saturated carbocycles. The van der Waals surface area contributed by atoms with Gasteiger partial charge in [-0.2, -0.15) is 4.98 Å². The average Bonchev–Trinajstić information content (AvgIpc) is 3.97. The van der Waals surface area contributed by atoms with Gasteiger partial charge in [0.15, 0.2) is 5.78 Å². The number of rotatable bonds is 8. The summed E-state index contributed by atoms with van der Waals surface area (Å²) in [6, 6.07) is 9.95. The van der Waals surface area contributed by atoms with Gasteiger partial charge in [-0.25, -0.2) is 14.8 Å². The smallest absolute Gasteiger partial charge is 0.319 e. The Labute approximate surface area is 377 Å². The van der Waals surface area contributed by atoms with Crippen LogP contribution in [0.1, 0.15) is 120 Å². The maximum atomic E-state index is 13.7. The van der Waals surface area contributed by atoms with Crippen LogP contribution in [-0.4, -0.2) is 133 Å². The second-order valence-electron chi connectivity index (χ2n) is 18.7. The topological polar surface area (TPSA) is 186 Å². The number of aryl methyl sites for hydroxylation is 1. The summed E-state index contributed by atoms with van der Waals surface area (Å²) in [5.74, 6) is 0.147. The first kappa shape index (κ1) is 42.7. The molecule has 10 rings (SSSR count). The monoisotopic (exact) mass is 883 g/mol. The minimum absolute atomic E-state index is 0.00718. The molecule has 0 spiro atoms. The van der Waals surface area contributed by atoms with Crippen LogP contribution in [0.5, 0.6) is 0 Å². The zero-order chi connectivity index (χ0) is 44.9. The van der Waals surface area contributed by atoms with E-state index in [9.17, 15) is 28.8 Å². The van der Waals surface area contributed by atoms with E-state index >= 15 is 0 Å². The van der Waals surface area contributed by atoms with Gasteiger partial charge < -0.3 is 24.9 Å². The van der Waals surface area contributed by atoms with Crippen molar-refractivity contribution in [2.75, 3.05) is 62.6 Å². The number of piperazine rings is 1. The first-order valence-corrected chi connectivity index (χ1v) is 23.5. The maximum Gasteiger partial charge on any atom is 0.319 e. The standard InChI is InChI=1S/C48H57N11O6/c1-29-38-27-50-47(53-43(38)59(35-5-3-4-6-35)46(64)42(29)30(2)60)51-40-11-8-36(26-49-40)55-23-21-54(22-24-55)34-15-19-57(20-16-34)48(65)56-17-13-31(14-18-56)32-7-9-37-33(25-32)28-58(45(37)63)39-10-12-41(61)52-44(39)62/h7-9,11,25-27,31,34-35,39H,3-6,10,12-24,28H2,1-2H3,(H,52,61,62)(H,49,50,51,53). The predicted molar refractivity (Wildman–Crippen MR) is 243 cm³/mol. The fraction of sp³-hybridized carbons (Fsp3) is 0.521. The van der Waals surface area contributed by atoms with Crippen molar-refractivity contribution in [2.24, 2.45) is 0 Å². The molecule has 5 aliphatic heterocycles. The summed E-state index contributed by atoms with van der Waals surface area (Å²) >= 11 is 0. The third-order valence-corrected chi connectivity index (χ3v) is 15.0. The number of Topliss-reactive ketones (excluding diaryl/α,β-unsaturated/α-hetero) is 1. The summed E-state index contributed by atoms with van der Waals surface area (Å²) in [6.45, 7) is 10.1. The van der Waals surface area contributed by atoms with E-state index in [4.69, 9.17) is 9.97 Å². The van der Waals surface area contributed by atoms with Crippen molar-refractivity contribution in [3.8, 4) is 0 Å². The lowest BCUT2D eigenvalue weighted by Crippen LogP contribution is -2.55. The number of likely N-dealkylation sites (tertiary alicyclic amines) is 2. The third-order valence-electron chi connectivity index (χ3n) is 15.0. The number of nitrogens with zero attached hydrogens (tertiary/aromatic N) is 9. The highest BCUT2D eigenvalue weighted by molar-refractivity contribution is 6.05. The number of hydrogen-bond acceptors (Lipinski definition) is 12. The molecule has 17 heteroatoms. The lowest BCUT2D eigenvalue weighted by molar-refractivity contribution is -0.136. The number of aromatic nitrogens is 4. The van der Waals surface area contributed by atoms with Gasteiger partial charge in [-0.3, -0.25) is 38.8 Å². The molecule has 17 nitrogen and oxygen atoms in total. The summed E-state index contributed by atoms with van der Waals surface area (Å²) in [4.78, 5) is 102. The number of ketones is 1. The van der Waals surface area contributed by atoms with Crippen LogP contribution in [0.15, 0.2) is 47.5 Å². The normalized spacial score (nSPS) is 21.6. The molecule has 5 fully saturated rings. The van der Waals surface area contributed by atoms with Crippen molar-refractivity contribution in [3.05, 3.63) is 80.9 Å². The molecular formula is C48H57N11O6. The predicted octanol–water partition coefficient (Wildman–Crippen LogP) is 4.90. The van der Waals surface area contributed by atoms with E-state index in [0.717, 1.165) is 102 Å². The van der Waals surface area contributed by atoms with E-state index in [2.05, 4.69) is 37.6 Å². The molecule has 8 heterocycles. The van der Waals surface area contributed by atoms with Crippen LogP contribution in [0, 0.1) is 6.92 Å². The summed E-state index contributed by atoms with van der Waals surface area (Å²) in [5, 5.41) is 6.31. The Morgan fingerprint density at radius 2 is 1.51 bits per heavy atom. The third kappa shape index (κ3) is 8.23. The van der Waals surface area contributed by atoms with Gasteiger partial charge in [-0.05, 0) is 99.6 Å². The second-order valence-corrected chi connectivity index (χ2v) is 18.7. The van der Waals surface area contributed by atoms with Gasteiger partial charge >= 0.3 is 6.03 Å². The van der Waals surface area contributed by atoms with E-state index in [0.29, 0.717) is 71.9 Å². The number of carbonyl (C=O) groups excluding carboxylic acids is 5. The Bertz CT molecular complexity index is 2600. The van der Waals surface area contributed by atoms with Crippen LogP contribution in [0.4, 0.5) is 22.2 Å². The molecule has 4 saturated heterocycles. The van der Waals surface area contributed by atoms with E-state index in [-0.39, 0.29) is 47.2 Å². The van der Waals surface area contributed by atoms with E-state index in [1.807, 2.05) is 34.2 Å². The molecule has 1 atom stereocenters.